The summed E-state index contributed by atoms with van der Waals surface area (Å²) in [5.74, 6) is 0. The highest BCUT2D eigenvalue weighted by Crippen LogP contribution is 2.56. The molecule has 2 nitrogen and oxygen atoms in total. The molecule has 0 saturated heterocycles. The summed E-state index contributed by atoms with van der Waals surface area (Å²) < 4.78 is 0. The van der Waals surface area contributed by atoms with Crippen molar-refractivity contribution < 1.29 is 0 Å². The van der Waals surface area contributed by atoms with E-state index in [0.29, 0.717) is 0 Å². The molecule has 8 aromatic rings. The molecule has 0 atom stereocenters. The normalized spacial score (nSPS) is 13.1. The molecule has 0 fully saturated rings. The second kappa shape index (κ2) is 12.9. The highest BCUT2D eigenvalue weighted by molar-refractivity contribution is 6.88. The zero-order valence-corrected chi connectivity index (χ0v) is 33.1. The lowest BCUT2D eigenvalue weighted by molar-refractivity contribution is 0.661. The fourth-order valence-corrected chi connectivity index (χ4v) is 9.78. The zero-order chi connectivity index (χ0) is 37.2. The van der Waals surface area contributed by atoms with Crippen molar-refractivity contribution in [2.24, 2.45) is 0 Å². The third kappa shape index (κ3) is 5.54. The van der Waals surface area contributed by atoms with Gasteiger partial charge in [-0.1, -0.05) is 154 Å². The highest BCUT2D eigenvalue weighted by atomic mass is 28.3. The number of aryl methyl sites for hydroxylation is 1. The minimum Gasteiger partial charge on any atom is -0.310 e. The predicted octanol–water partition coefficient (Wildman–Crippen LogP) is 14.1. The summed E-state index contributed by atoms with van der Waals surface area (Å²) in [4.78, 5) is 4.92. The van der Waals surface area contributed by atoms with Gasteiger partial charge in [0, 0.05) is 38.9 Å². The van der Waals surface area contributed by atoms with Gasteiger partial charge < -0.3 is 9.80 Å². The molecule has 0 radical (unpaired) electrons. The second-order valence-corrected chi connectivity index (χ2v) is 21.4. The van der Waals surface area contributed by atoms with Crippen molar-refractivity contribution in [1.82, 2.24) is 0 Å². The van der Waals surface area contributed by atoms with E-state index in [-0.39, 0.29) is 5.41 Å². The molecule has 1 aliphatic carbocycles. The van der Waals surface area contributed by atoms with Crippen LogP contribution in [0.3, 0.4) is 0 Å². The van der Waals surface area contributed by atoms with Crippen LogP contribution in [0.4, 0.5) is 34.1 Å². The lowest BCUT2D eigenvalue weighted by Gasteiger charge is -2.31. The Morgan fingerprint density at radius 2 is 1.04 bits per heavy atom. The number of rotatable bonds is 7. The van der Waals surface area contributed by atoms with E-state index in [9.17, 15) is 0 Å². The van der Waals surface area contributed by atoms with Crippen LogP contribution in [0.5, 0.6) is 0 Å². The molecule has 54 heavy (non-hydrogen) atoms. The number of benzene rings is 8. The van der Waals surface area contributed by atoms with Gasteiger partial charge in [0.25, 0.3) is 0 Å². The number of hydrogen-bond acceptors (Lipinski definition) is 2. The predicted molar refractivity (Wildman–Crippen MR) is 236 cm³/mol. The Morgan fingerprint density at radius 3 is 1.78 bits per heavy atom. The fourth-order valence-electron chi connectivity index (χ4n) is 8.62. The first-order valence-electron chi connectivity index (χ1n) is 19.1. The summed E-state index contributed by atoms with van der Waals surface area (Å²) in [6.45, 7) is 14.3. The molecule has 1 aliphatic rings. The quantitative estimate of drug-likeness (QED) is 0.152. The second-order valence-electron chi connectivity index (χ2n) is 16.3. The zero-order valence-electron chi connectivity index (χ0n) is 32.1. The van der Waals surface area contributed by atoms with Crippen molar-refractivity contribution in [1.29, 1.82) is 0 Å². The van der Waals surface area contributed by atoms with Gasteiger partial charge in [0.2, 0.25) is 0 Å². The lowest BCUT2D eigenvalue weighted by atomic mass is 9.81. The van der Waals surface area contributed by atoms with E-state index in [2.05, 4.69) is 220 Å². The summed E-state index contributed by atoms with van der Waals surface area (Å²) >= 11 is 0. The van der Waals surface area contributed by atoms with Crippen LogP contribution >= 0.6 is 0 Å². The highest BCUT2D eigenvalue weighted by Gasteiger charge is 2.38. The maximum absolute atomic E-state index is 2.51. The Labute approximate surface area is 321 Å². The van der Waals surface area contributed by atoms with E-state index in [1.54, 1.807) is 0 Å². The van der Waals surface area contributed by atoms with Crippen LogP contribution in [0, 0.1) is 6.92 Å². The van der Waals surface area contributed by atoms with E-state index < -0.39 is 8.07 Å². The van der Waals surface area contributed by atoms with Crippen molar-refractivity contribution >= 4 is 68.9 Å². The van der Waals surface area contributed by atoms with Gasteiger partial charge >= 0.3 is 0 Å². The third-order valence-corrected chi connectivity index (χ3v) is 13.6. The summed E-state index contributed by atoms with van der Waals surface area (Å²) in [5, 5.41) is 6.46. The molecule has 0 spiro atoms. The van der Waals surface area contributed by atoms with Gasteiger partial charge in [0.05, 0.1) is 19.4 Å². The minimum absolute atomic E-state index is 0.250. The molecule has 0 N–H and O–H groups in total. The van der Waals surface area contributed by atoms with Crippen molar-refractivity contribution in [2.75, 3.05) is 9.80 Å². The Balaban J connectivity index is 1.26. The maximum atomic E-state index is 2.51. The van der Waals surface area contributed by atoms with Crippen LogP contribution in [0.2, 0.25) is 19.6 Å². The number of hydrogen-bond donors (Lipinski definition) is 0. The molecule has 0 bridgehead atoms. The Kier molecular flexibility index (Phi) is 8.10. The standard InChI is InChI=1S/C51H46N2Si/c1-35-17-10-15-25-47(35)53(48-26-16-19-36-18-11-12-22-41(36)48)49-34-46-50(43-24-14-13-23-42(43)49)44-32-29-39(33-45(44)51(46,2)3)52(37-20-8-7-9-21-37)38-27-30-40(31-28-38)54(4,5)6/h7-34H,1-6H3. The first-order chi connectivity index (χ1) is 26.1. The number of para-hydroxylation sites is 2. The van der Waals surface area contributed by atoms with Crippen LogP contribution < -0.4 is 15.0 Å². The van der Waals surface area contributed by atoms with Crippen molar-refractivity contribution in [2.45, 2.75) is 45.8 Å². The third-order valence-electron chi connectivity index (χ3n) is 11.5. The fraction of sp³-hybridized carbons (Fsp3) is 0.137. The van der Waals surface area contributed by atoms with Crippen LogP contribution in [-0.2, 0) is 5.41 Å². The van der Waals surface area contributed by atoms with E-state index >= 15 is 0 Å². The van der Waals surface area contributed by atoms with E-state index in [1.807, 2.05) is 0 Å². The average Bonchev–Trinajstić information content (AvgIpc) is 3.41. The minimum atomic E-state index is -1.44. The molecular formula is C51H46N2Si. The molecule has 264 valence electrons. The molecule has 0 amide bonds. The SMILES string of the molecule is Cc1ccccc1N(c1cccc2ccccc12)c1cc2c(c3ccccc13)-c1ccc(N(c3ccccc3)c3ccc([Si](C)(C)C)cc3)cc1C2(C)C. The molecule has 9 rings (SSSR count). The molecule has 3 heteroatoms. The first kappa shape index (κ1) is 33.9. The van der Waals surface area contributed by atoms with Crippen molar-refractivity contribution in [3.8, 4) is 11.1 Å². The average molecular weight is 715 g/mol. The Hall–Kier alpha value is -5.90. The van der Waals surface area contributed by atoms with Crippen molar-refractivity contribution in [3.05, 3.63) is 187 Å². The molecule has 0 aliphatic heterocycles. The number of nitrogens with zero attached hydrogens (tertiary/aromatic N) is 2. The van der Waals surface area contributed by atoms with Gasteiger partial charge in [0.15, 0.2) is 0 Å². The number of anilines is 6. The van der Waals surface area contributed by atoms with Gasteiger partial charge in [0.1, 0.15) is 0 Å². The lowest BCUT2D eigenvalue weighted by Crippen LogP contribution is -2.37. The monoisotopic (exact) mass is 714 g/mol. The smallest absolute Gasteiger partial charge is 0.0775 e. The van der Waals surface area contributed by atoms with Gasteiger partial charge in [-0.25, -0.2) is 0 Å². The van der Waals surface area contributed by atoms with Crippen LogP contribution in [0.25, 0.3) is 32.7 Å². The maximum Gasteiger partial charge on any atom is 0.0775 e. The van der Waals surface area contributed by atoms with Gasteiger partial charge in [-0.2, -0.15) is 0 Å². The Morgan fingerprint density at radius 1 is 0.444 bits per heavy atom. The number of fused-ring (bicyclic) bond motifs is 6. The van der Waals surface area contributed by atoms with Gasteiger partial charge in [-0.3, -0.25) is 0 Å². The topological polar surface area (TPSA) is 6.48 Å². The van der Waals surface area contributed by atoms with Crippen LogP contribution in [0.15, 0.2) is 170 Å². The van der Waals surface area contributed by atoms with Crippen LogP contribution in [0.1, 0.15) is 30.5 Å². The molecule has 8 aromatic carbocycles. The molecular weight excluding hydrogens is 669 g/mol. The van der Waals surface area contributed by atoms with Gasteiger partial charge in [-0.05, 0) is 100 Å². The van der Waals surface area contributed by atoms with E-state index in [1.165, 1.54) is 83.0 Å². The molecule has 0 unspecified atom stereocenters. The molecule has 0 aromatic heterocycles. The summed E-state index contributed by atoms with van der Waals surface area (Å²) in [6, 6.07) is 63.0. The molecule has 0 heterocycles. The largest absolute Gasteiger partial charge is 0.310 e. The summed E-state index contributed by atoms with van der Waals surface area (Å²) in [5.41, 5.74) is 13.4. The van der Waals surface area contributed by atoms with Crippen molar-refractivity contribution in [3.63, 3.8) is 0 Å². The Bertz CT molecular complexity index is 2680. The molecule has 0 saturated carbocycles. The van der Waals surface area contributed by atoms with E-state index in [4.69, 9.17) is 0 Å². The first-order valence-corrected chi connectivity index (χ1v) is 22.6. The van der Waals surface area contributed by atoms with Gasteiger partial charge in [-0.15, -0.1) is 0 Å². The van der Waals surface area contributed by atoms with Crippen LogP contribution in [-0.4, -0.2) is 8.07 Å². The van der Waals surface area contributed by atoms with E-state index in [0.717, 1.165) is 5.69 Å². The summed E-state index contributed by atoms with van der Waals surface area (Å²) in [7, 11) is -1.44. The summed E-state index contributed by atoms with van der Waals surface area (Å²) in [6.07, 6.45) is 0.